The van der Waals surface area contributed by atoms with Crippen LogP contribution in [-0.4, -0.2) is 17.6 Å². The number of rotatable bonds is 2. The minimum Gasteiger partial charge on any atom is -0.456 e. The van der Waals surface area contributed by atoms with Gasteiger partial charge in [0, 0.05) is 10.7 Å². The molecule has 1 heterocycles. The first-order valence-corrected chi connectivity index (χ1v) is 7.32. The van der Waals surface area contributed by atoms with Crippen LogP contribution in [0.1, 0.15) is 39.3 Å². The third-order valence-corrected chi connectivity index (χ3v) is 3.34. The molecule has 0 radical (unpaired) electrons. The molecule has 0 saturated carbocycles. The van der Waals surface area contributed by atoms with E-state index in [1.807, 2.05) is 0 Å². The van der Waals surface area contributed by atoms with Crippen molar-refractivity contribution in [3.8, 4) is 0 Å². The van der Waals surface area contributed by atoms with E-state index in [1.54, 1.807) is 52.0 Å². The summed E-state index contributed by atoms with van der Waals surface area (Å²) in [5, 5.41) is 5.94. The Kier molecular flexibility index (Phi) is 4.47. The largest absolute Gasteiger partial charge is 0.456 e. The summed E-state index contributed by atoms with van der Waals surface area (Å²) in [5.74, 6) is -0.461. The molecule has 0 bridgehead atoms. The van der Waals surface area contributed by atoms with Crippen LogP contribution in [-0.2, 0) is 9.53 Å². The molecule has 0 spiro atoms. The first-order valence-electron chi connectivity index (χ1n) is 6.94. The number of urea groups is 1. The first-order chi connectivity index (χ1) is 10.2. The average molecular weight is 323 g/mol. The van der Waals surface area contributed by atoms with E-state index in [1.165, 1.54) is 0 Å². The second-order valence-corrected chi connectivity index (χ2v) is 6.56. The van der Waals surface area contributed by atoms with Gasteiger partial charge in [-0.1, -0.05) is 23.7 Å². The van der Waals surface area contributed by atoms with Crippen molar-refractivity contribution < 1.29 is 14.3 Å². The van der Waals surface area contributed by atoms with E-state index in [9.17, 15) is 9.59 Å². The van der Waals surface area contributed by atoms with E-state index in [2.05, 4.69) is 10.6 Å². The molecule has 1 atom stereocenters. The Morgan fingerprint density at radius 1 is 1.23 bits per heavy atom. The number of ether oxygens (including phenoxy) is 1. The lowest BCUT2D eigenvalue weighted by atomic mass is 9.95. The predicted molar refractivity (Wildman–Crippen MR) is 84.4 cm³/mol. The average Bonchev–Trinajstić information content (AvgIpc) is 2.36. The van der Waals surface area contributed by atoms with Gasteiger partial charge in [0.1, 0.15) is 5.60 Å². The van der Waals surface area contributed by atoms with Gasteiger partial charge in [0.2, 0.25) is 0 Å². The molecular weight excluding hydrogens is 304 g/mol. The lowest BCUT2D eigenvalue weighted by Crippen LogP contribution is -2.46. The summed E-state index contributed by atoms with van der Waals surface area (Å²) in [4.78, 5) is 24.2. The van der Waals surface area contributed by atoms with E-state index in [-0.39, 0.29) is 6.03 Å². The zero-order valence-electron chi connectivity index (χ0n) is 13.0. The van der Waals surface area contributed by atoms with Gasteiger partial charge in [0.15, 0.2) is 0 Å². The van der Waals surface area contributed by atoms with Crippen LogP contribution >= 0.6 is 11.6 Å². The molecule has 0 aromatic heterocycles. The van der Waals surface area contributed by atoms with Gasteiger partial charge in [-0.15, -0.1) is 0 Å². The lowest BCUT2D eigenvalue weighted by Gasteiger charge is -2.30. The van der Waals surface area contributed by atoms with E-state index in [0.717, 1.165) is 5.56 Å². The van der Waals surface area contributed by atoms with Crippen molar-refractivity contribution in [2.75, 3.05) is 0 Å². The van der Waals surface area contributed by atoms with Crippen LogP contribution < -0.4 is 10.6 Å². The van der Waals surface area contributed by atoms with Crippen molar-refractivity contribution >= 4 is 23.6 Å². The molecule has 0 unspecified atom stereocenters. The van der Waals surface area contributed by atoms with Crippen LogP contribution in [0.2, 0.25) is 5.02 Å². The number of hydrogen-bond acceptors (Lipinski definition) is 3. The van der Waals surface area contributed by atoms with E-state index >= 15 is 0 Å². The van der Waals surface area contributed by atoms with Crippen LogP contribution in [0.5, 0.6) is 0 Å². The maximum absolute atomic E-state index is 12.5. The number of halogens is 1. The normalized spacial score (nSPS) is 18.6. The highest BCUT2D eigenvalue weighted by molar-refractivity contribution is 6.30. The molecule has 1 aliphatic rings. The number of esters is 1. The Morgan fingerprint density at radius 3 is 2.36 bits per heavy atom. The van der Waals surface area contributed by atoms with Gasteiger partial charge in [-0.3, -0.25) is 0 Å². The van der Waals surface area contributed by atoms with Crippen LogP contribution in [0.15, 0.2) is 35.5 Å². The molecule has 1 aromatic carbocycles. The smallest absolute Gasteiger partial charge is 0.338 e. The summed E-state index contributed by atoms with van der Waals surface area (Å²) in [6, 6.07) is 6.05. The maximum atomic E-state index is 12.5. The van der Waals surface area contributed by atoms with Gasteiger partial charge < -0.3 is 15.4 Å². The molecular formula is C16H19ClN2O3. The molecule has 2 rings (SSSR count). The lowest BCUT2D eigenvalue weighted by molar-refractivity contribution is -0.150. The monoisotopic (exact) mass is 322 g/mol. The first kappa shape index (κ1) is 16.4. The van der Waals surface area contributed by atoms with Crippen LogP contribution in [0.25, 0.3) is 0 Å². The molecule has 1 aliphatic heterocycles. The molecule has 1 aromatic rings. The summed E-state index contributed by atoms with van der Waals surface area (Å²) < 4.78 is 5.44. The Bertz CT molecular complexity index is 630. The topological polar surface area (TPSA) is 67.4 Å². The van der Waals surface area contributed by atoms with Crippen LogP contribution in [0, 0.1) is 0 Å². The van der Waals surface area contributed by atoms with Gasteiger partial charge in [-0.05, 0) is 45.4 Å². The van der Waals surface area contributed by atoms with E-state index < -0.39 is 17.6 Å². The standard InChI is InChI=1S/C16H19ClN2O3/c1-9-12(14(20)22-16(2,3)4)13(19-15(21)18-9)10-5-7-11(17)8-6-10/h5-8,13H,1-4H3,(H2,18,19,21)/t13-/m1/s1. The van der Waals surface area contributed by atoms with Gasteiger partial charge in [-0.25, -0.2) is 9.59 Å². The number of benzene rings is 1. The number of amides is 2. The second-order valence-electron chi connectivity index (χ2n) is 6.12. The Hall–Kier alpha value is -2.01. The summed E-state index contributed by atoms with van der Waals surface area (Å²) in [6.45, 7) is 7.08. The molecule has 0 saturated heterocycles. The number of hydrogen-bond donors (Lipinski definition) is 2. The van der Waals surface area contributed by atoms with Crippen molar-refractivity contribution in [1.82, 2.24) is 10.6 Å². The Morgan fingerprint density at radius 2 is 1.82 bits per heavy atom. The van der Waals surface area contributed by atoms with Crippen LogP contribution in [0.3, 0.4) is 0 Å². The Balaban J connectivity index is 2.41. The maximum Gasteiger partial charge on any atom is 0.338 e. The molecule has 22 heavy (non-hydrogen) atoms. The molecule has 118 valence electrons. The zero-order valence-corrected chi connectivity index (χ0v) is 13.7. The third-order valence-electron chi connectivity index (χ3n) is 3.09. The third kappa shape index (κ3) is 3.80. The fraction of sp³-hybridized carbons (Fsp3) is 0.375. The Labute approximate surface area is 134 Å². The SMILES string of the molecule is CC1=C(C(=O)OC(C)(C)C)[C@@H](c2ccc(Cl)cc2)NC(=O)N1. The molecule has 6 heteroatoms. The molecule has 5 nitrogen and oxygen atoms in total. The van der Waals surface area contributed by atoms with Crippen molar-refractivity contribution in [2.45, 2.75) is 39.3 Å². The van der Waals surface area contributed by atoms with Crippen LogP contribution in [0.4, 0.5) is 4.79 Å². The number of carbonyl (C=O) groups is 2. The summed E-state index contributed by atoms with van der Waals surface area (Å²) in [5.41, 5.74) is 1.02. The van der Waals surface area contributed by atoms with Crippen molar-refractivity contribution in [3.05, 3.63) is 46.1 Å². The molecule has 0 aliphatic carbocycles. The number of allylic oxidation sites excluding steroid dienone is 1. The fourth-order valence-electron chi connectivity index (χ4n) is 2.20. The van der Waals surface area contributed by atoms with E-state index in [4.69, 9.17) is 16.3 Å². The number of nitrogens with one attached hydrogen (secondary N) is 2. The van der Waals surface area contributed by atoms with Crippen molar-refractivity contribution in [2.24, 2.45) is 0 Å². The van der Waals surface area contributed by atoms with Crippen molar-refractivity contribution in [1.29, 1.82) is 0 Å². The van der Waals surface area contributed by atoms with Gasteiger partial charge in [0.25, 0.3) is 0 Å². The second kappa shape index (κ2) is 6.01. The predicted octanol–water partition coefficient (Wildman–Crippen LogP) is 3.31. The summed E-state index contributed by atoms with van der Waals surface area (Å²) in [7, 11) is 0. The van der Waals surface area contributed by atoms with Gasteiger partial charge in [-0.2, -0.15) is 0 Å². The molecule has 0 fully saturated rings. The highest BCUT2D eigenvalue weighted by atomic mass is 35.5. The molecule has 2 N–H and O–H groups in total. The van der Waals surface area contributed by atoms with E-state index in [0.29, 0.717) is 16.3 Å². The fourth-order valence-corrected chi connectivity index (χ4v) is 2.33. The van der Waals surface area contributed by atoms with Gasteiger partial charge in [0.05, 0.1) is 11.6 Å². The highest BCUT2D eigenvalue weighted by Gasteiger charge is 2.33. The highest BCUT2D eigenvalue weighted by Crippen LogP contribution is 2.29. The minimum absolute atomic E-state index is 0.357. The van der Waals surface area contributed by atoms with Gasteiger partial charge >= 0.3 is 12.0 Å². The quantitative estimate of drug-likeness (QED) is 0.821. The number of carbonyl (C=O) groups excluding carboxylic acids is 2. The minimum atomic E-state index is -0.615. The zero-order chi connectivity index (χ0) is 16.5. The summed E-state index contributed by atoms with van der Waals surface area (Å²) >= 11 is 5.89. The summed E-state index contributed by atoms with van der Waals surface area (Å²) in [6.07, 6.45) is 0. The van der Waals surface area contributed by atoms with Crippen molar-refractivity contribution in [3.63, 3.8) is 0 Å². The molecule has 2 amide bonds.